The topological polar surface area (TPSA) is 67.2 Å². The lowest BCUT2D eigenvalue weighted by Gasteiger charge is -2.35. The Labute approximate surface area is 208 Å². The van der Waals surface area contributed by atoms with Gasteiger partial charge in [0.2, 0.25) is 5.91 Å². The second kappa shape index (κ2) is 10.7. The molecule has 0 N–H and O–H groups in total. The lowest BCUT2D eigenvalue weighted by molar-refractivity contribution is -0.133. The summed E-state index contributed by atoms with van der Waals surface area (Å²) in [5, 5.41) is 11.7. The van der Waals surface area contributed by atoms with Crippen molar-refractivity contribution in [2.75, 3.05) is 26.2 Å². The Bertz CT molecular complexity index is 1270. The monoisotopic (exact) mass is 488 g/mol. The van der Waals surface area contributed by atoms with Crippen molar-refractivity contribution in [2.45, 2.75) is 18.9 Å². The number of benzene rings is 3. The SMILES string of the molecule is O=C(CC(c1ccccc1)c1ccccc1)N1CCN(Cc2nnnn2-c2ccc(F)c(F)c2)CC1. The number of rotatable bonds is 7. The molecular formula is C27H26F2N6O. The molecule has 184 valence electrons. The molecule has 0 unspecified atom stereocenters. The molecule has 1 aliphatic rings. The van der Waals surface area contributed by atoms with Gasteiger partial charge in [-0.25, -0.2) is 8.78 Å². The second-order valence-corrected chi connectivity index (χ2v) is 8.84. The number of carbonyl (C=O) groups excluding carboxylic acids is 1. The van der Waals surface area contributed by atoms with Crippen molar-refractivity contribution >= 4 is 5.91 Å². The van der Waals surface area contributed by atoms with Crippen molar-refractivity contribution in [3.8, 4) is 5.69 Å². The minimum atomic E-state index is -0.953. The van der Waals surface area contributed by atoms with E-state index in [0.717, 1.165) is 23.3 Å². The van der Waals surface area contributed by atoms with Crippen molar-refractivity contribution in [2.24, 2.45) is 0 Å². The van der Waals surface area contributed by atoms with Gasteiger partial charge in [-0.3, -0.25) is 9.69 Å². The van der Waals surface area contributed by atoms with E-state index >= 15 is 0 Å². The maximum Gasteiger partial charge on any atom is 0.223 e. The Morgan fingerprint density at radius 3 is 2.08 bits per heavy atom. The molecule has 0 aliphatic carbocycles. The Morgan fingerprint density at radius 2 is 1.47 bits per heavy atom. The first-order chi connectivity index (χ1) is 17.6. The van der Waals surface area contributed by atoms with Crippen molar-refractivity contribution in [3.05, 3.63) is 107 Å². The van der Waals surface area contributed by atoms with Gasteiger partial charge >= 0.3 is 0 Å². The van der Waals surface area contributed by atoms with Crippen LogP contribution in [0.4, 0.5) is 8.78 Å². The first kappa shape index (κ1) is 23.7. The molecule has 36 heavy (non-hydrogen) atoms. The number of hydrogen-bond acceptors (Lipinski definition) is 5. The summed E-state index contributed by atoms with van der Waals surface area (Å²) in [6.07, 6.45) is 0.405. The molecule has 0 bridgehead atoms. The van der Waals surface area contributed by atoms with Crippen LogP contribution in [0.5, 0.6) is 0 Å². The molecule has 1 amide bonds. The molecule has 0 spiro atoms. The molecule has 1 fully saturated rings. The molecule has 0 radical (unpaired) electrons. The summed E-state index contributed by atoms with van der Waals surface area (Å²) in [6.45, 7) is 2.96. The van der Waals surface area contributed by atoms with Crippen LogP contribution in [0.3, 0.4) is 0 Å². The van der Waals surface area contributed by atoms with Crippen molar-refractivity contribution in [1.82, 2.24) is 30.0 Å². The Kier molecular flexibility index (Phi) is 7.08. The fourth-order valence-corrected chi connectivity index (χ4v) is 4.58. The highest BCUT2D eigenvalue weighted by molar-refractivity contribution is 5.78. The molecular weight excluding hydrogens is 462 g/mol. The average Bonchev–Trinajstić information content (AvgIpc) is 3.38. The van der Waals surface area contributed by atoms with Crippen LogP contribution in [0.1, 0.15) is 29.3 Å². The average molecular weight is 489 g/mol. The molecule has 0 saturated carbocycles. The summed E-state index contributed by atoms with van der Waals surface area (Å²) in [5.41, 5.74) is 2.61. The molecule has 1 saturated heterocycles. The summed E-state index contributed by atoms with van der Waals surface area (Å²) in [6, 6.07) is 23.8. The van der Waals surface area contributed by atoms with Gasteiger partial charge in [-0.05, 0) is 33.7 Å². The van der Waals surface area contributed by atoms with E-state index in [1.54, 1.807) is 0 Å². The van der Waals surface area contributed by atoms with E-state index < -0.39 is 11.6 Å². The van der Waals surface area contributed by atoms with Gasteiger partial charge in [-0.1, -0.05) is 60.7 Å². The zero-order valence-corrected chi connectivity index (χ0v) is 19.7. The number of hydrogen-bond donors (Lipinski definition) is 0. The van der Waals surface area contributed by atoms with Crippen LogP contribution >= 0.6 is 0 Å². The number of carbonyl (C=O) groups is 1. The molecule has 3 aromatic carbocycles. The van der Waals surface area contributed by atoms with Gasteiger partial charge < -0.3 is 4.90 Å². The van der Waals surface area contributed by atoms with E-state index in [1.807, 2.05) is 41.3 Å². The highest BCUT2D eigenvalue weighted by atomic mass is 19.2. The lowest BCUT2D eigenvalue weighted by atomic mass is 9.88. The molecule has 1 aliphatic heterocycles. The second-order valence-electron chi connectivity index (χ2n) is 8.84. The standard InChI is InChI=1S/C27H26F2N6O/c28-24-12-11-22(17-25(24)29)35-26(30-31-32-35)19-33-13-15-34(16-14-33)27(36)18-23(20-7-3-1-4-8-20)21-9-5-2-6-10-21/h1-12,17,23H,13-16,18-19H2. The highest BCUT2D eigenvalue weighted by Gasteiger charge is 2.26. The smallest absolute Gasteiger partial charge is 0.223 e. The van der Waals surface area contributed by atoms with E-state index in [-0.39, 0.29) is 11.8 Å². The first-order valence-electron chi connectivity index (χ1n) is 11.9. The largest absolute Gasteiger partial charge is 0.340 e. The summed E-state index contributed by atoms with van der Waals surface area (Å²) < 4.78 is 28.4. The molecule has 9 heteroatoms. The summed E-state index contributed by atoms with van der Waals surface area (Å²) >= 11 is 0. The molecule has 0 atom stereocenters. The van der Waals surface area contributed by atoms with E-state index in [1.165, 1.54) is 10.7 Å². The van der Waals surface area contributed by atoms with Gasteiger partial charge in [0.25, 0.3) is 0 Å². The van der Waals surface area contributed by atoms with Crippen molar-refractivity contribution in [1.29, 1.82) is 0 Å². The zero-order valence-electron chi connectivity index (χ0n) is 19.7. The number of aromatic nitrogens is 4. The van der Waals surface area contributed by atoms with Gasteiger partial charge in [-0.2, -0.15) is 4.68 Å². The van der Waals surface area contributed by atoms with Gasteiger partial charge in [-0.15, -0.1) is 5.10 Å². The van der Waals surface area contributed by atoms with Crippen molar-refractivity contribution in [3.63, 3.8) is 0 Å². The van der Waals surface area contributed by atoms with Gasteiger partial charge in [0, 0.05) is 44.6 Å². The van der Waals surface area contributed by atoms with E-state index in [4.69, 9.17) is 0 Å². The van der Waals surface area contributed by atoms with Crippen LogP contribution in [-0.2, 0) is 11.3 Å². The molecule has 7 nitrogen and oxygen atoms in total. The first-order valence-corrected chi connectivity index (χ1v) is 11.9. The summed E-state index contributed by atoms with van der Waals surface area (Å²) in [5.74, 6) is -1.23. The lowest BCUT2D eigenvalue weighted by Crippen LogP contribution is -2.48. The molecule has 4 aromatic rings. The zero-order chi connectivity index (χ0) is 24.9. The molecule has 2 heterocycles. The Morgan fingerprint density at radius 1 is 0.833 bits per heavy atom. The van der Waals surface area contributed by atoms with Crippen LogP contribution in [0.15, 0.2) is 78.9 Å². The fourth-order valence-electron chi connectivity index (χ4n) is 4.58. The van der Waals surface area contributed by atoms with Crippen molar-refractivity contribution < 1.29 is 13.6 Å². The Balaban J connectivity index is 1.22. The predicted molar refractivity (Wildman–Crippen MR) is 130 cm³/mol. The fraction of sp³-hybridized carbons (Fsp3) is 0.259. The predicted octanol–water partition coefficient (Wildman–Crippen LogP) is 3.81. The van der Waals surface area contributed by atoms with Crippen LogP contribution < -0.4 is 0 Å². The third kappa shape index (κ3) is 5.31. The van der Waals surface area contributed by atoms with Gasteiger partial charge in [0.1, 0.15) is 0 Å². The maximum absolute atomic E-state index is 13.7. The Hall–Kier alpha value is -3.98. The number of piperazine rings is 1. The third-order valence-electron chi connectivity index (χ3n) is 6.55. The van der Waals surface area contributed by atoms with Crippen LogP contribution in [-0.4, -0.2) is 62.1 Å². The number of halogens is 2. The minimum Gasteiger partial charge on any atom is -0.340 e. The quantitative estimate of drug-likeness (QED) is 0.396. The number of nitrogens with zero attached hydrogens (tertiary/aromatic N) is 6. The summed E-state index contributed by atoms with van der Waals surface area (Å²) in [4.78, 5) is 17.3. The van der Waals surface area contributed by atoms with Gasteiger partial charge in [0.15, 0.2) is 17.5 Å². The van der Waals surface area contributed by atoms with Crippen LogP contribution in [0, 0.1) is 11.6 Å². The summed E-state index contributed by atoms with van der Waals surface area (Å²) in [7, 11) is 0. The number of tetrazole rings is 1. The maximum atomic E-state index is 13.7. The number of amides is 1. The van der Waals surface area contributed by atoms with Gasteiger partial charge in [0.05, 0.1) is 12.2 Å². The van der Waals surface area contributed by atoms with E-state index in [9.17, 15) is 13.6 Å². The molecule has 5 rings (SSSR count). The van der Waals surface area contributed by atoms with Crippen LogP contribution in [0.25, 0.3) is 5.69 Å². The van der Waals surface area contributed by atoms with Crippen LogP contribution in [0.2, 0.25) is 0 Å². The normalized spacial score (nSPS) is 14.4. The van der Waals surface area contributed by atoms with E-state index in [0.29, 0.717) is 50.7 Å². The highest BCUT2D eigenvalue weighted by Crippen LogP contribution is 2.29. The van der Waals surface area contributed by atoms with E-state index in [2.05, 4.69) is 44.7 Å². The third-order valence-corrected chi connectivity index (χ3v) is 6.55. The molecule has 1 aromatic heterocycles. The minimum absolute atomic E-state index is 0.00124.